The predicted molar refractivity (Wildman–Crippen MR) is 102 cm³/mol. The Morgan fingerprint density at radius 3 is 2.52 bits per heavy atom. The summed E-state index contributed by atoms with van der Waals surface area (Å²) >= 11 is 10.3. The first-order valence-corrected chi connectivity index (χ1v) is 9.15. The van der Waals surface area contributed by atoms with Crippen LogP contribution >= 0.6 is 45.5 Å². The van der Waals surface area contributed by atoms with Crippen LogP contribution in [0, 0.1) is 10.5 Å². The summed E-state index contributed by atoms with van der Waals surface area (Å²) in [5.41, 5.74) is 2.16. The second-order valence-corrected chi connectivity index (χ2v) is 8.89. The van der Waals surface area contributed by atoms with E-state index in [1.807, 2.05) is 12.1 Å². The van der Waals surface area contributed by atoms with Crippen LogP contribution in [0.15, 0.2) is 18.2 Å². The molecule has 0 amide bonds. The number of nitrogens with one attached hydrogen (secondary N) is 1. The van der Waals surface area contributed by atoms with E-state index in [1.54, 1.807) is 11.3 Å². The summed E-state index contributed by atoms with van der Waals surface area (Å²) in [5, 5.41) is 5.43. The third-order valence-electron chi connectivity index (χ3n) is 3.17. The van der Waals surface area contributed by atoms with E-state index in [4.69, 9.17) is 16.6 Å². The molecule has 1 unspecified atom stereocenters. The van der Waals surface area contributed by atoms with E-state index in [9.17, 15) is 0 Å². The molecule has 0 saturated heterocycles. The van der Waals surface area contributed by atoms with Gasteiger partial charge < -0.3 is 5.32 Å². The second-order valence-electron chi connectivity index (χ2n) is 6.21. The smallest absolute Gasteiger partial charge is 0.0985 e. The van der Waals surface area contributed by atoms with Crippen LogP contribution in [-0.4, -0.2) is 4.98 Å². The number of hydrogen-bond acceptors (Lipinski definition) is 3. The molecule has 0 aliphatic rings. The van der Waals surface area contributed by atoms with Crippen molar-refractivity contribution in [1.82, 2.24) is 4.98 Å². The number of thiazole rings is 1. The topological polar surface area (TPSA) is 24.9 Å². The van der Waals surface area contributed by atoms with Crippen LogP contribution in [0.3, 0.4) is 0 Å². The maximum atomic E-state index is 6.30. The van der Waals surface area contributed by atoms with Gasteiger partial charge in [0.25, 0.3) is 0 Å². The van der Waals surface area contributed by atoms with E-state index in [-0.39, 0.29) is 11.5 Å². The first-order valence-electron chi connectivity index (χ1n) is 6.88. The van der Waals surface area contributed by atoms with Gasteiger partial charge in [0.2, 0.25) is 0 Å². The molecule has 1 aromatic heterocycles. The predicted octanol–water partition coefficient (Wildman–Crippen LogP) is 6.18. The Hall–Kier alpha value is -0.330. The zero-order chi connectivity index (χ0) is 15.8. The van der Waals surface area contributed by atoms with Crippen molar-refractivity contribution >= 4 is 51.2 Å². The van der Waals surface area contributed by atoms with Gasteiger partial charge in [-0.2, -0.15) is 0 Å². The molecular weight excluding hydrogens is 415 g/mol. The van der Waals surface area contributed by atoms with Crippen LogP contribution in [-0.2, 0) is 5.41 Å². The molecule has 0 bridgehead atoms. The van der Waals surface area contributed by atoms with Gasteiger partial charge in [0.1, 0.15) is 0 Å². The summed E-state index contributed by atoms with van der Waals surface area (Å²) in [6.45, 7) is 10.8. The number of aromatic nitrogens is 1. The molecule has 2 aromatic rings. The molecule has 0 aliphatic carbocycles. The van der Waals surface area contributed by atoms with Crippen molar-refractivity contribution in [1.29, 1.82) is 0 Å². The van der Waals surface area contributed by atoms with E-state index < -0.39 is 0 Å². The van der Waals surface area contributed by atoms with Gasteiger partial charge >= 0.3 is 0 Å². The van der Waals surface area contributed by atoms with Gasteiger partial charge in [-0.25, -0.2) is 4.98 Å². The molecule has 0 fully saturated rings. The molecule has 0 aliphatic heterocycles. The molecule has 21 heavy (non-hydrogen) atoms. The van der Waals surface area contributed by atoms with Crippen molar-refractivity contribution in [3.8, 4) is 0 Å². The highest BCUT2D eigenvalue weighted by Crippen LogP contribution is 2.35. The first-order chi connectivity index (χ1) is 9.68. The summed E-state index contributed by atoms with van der Waals surface area (Å²) < 4.78 is 1.14. The number of aryl methyl sites for hydroxylation is 1. The molecule has 1 heterocycles. The van der Waals surface area contributed by atoms with Gasteiger partial charge in [-0.15, -0.1) is 11.3 Å². The molecule has 5 heteroatoms. The zero-order valence-electron chi connectivity index (χ0n) is 12.9. The third kappa shape index (κ3) is 4.11. The Labute approximate surface area is 149 Å². The molecule has 2 nitrogen and oxygen atoms in total. The number of halogens is 2. The number of benzene rings is 1. The Balaban J connectivity index is 2.24. The van der Waals surface area contributed by atoms with Crippen LogP contribution in [0.2, 0.25) is 5.02 Å². The summed E-state index contributed by atoms with van der Waals surface area (Å²) in [5.74, 6) is 0. The van der Waals surface area contributed by atoms with Gasteiger partial charge in [0.05, 0.1) is 27.5 Å². The lowest BCUT2D eigenvalue weighted by Gasteiger charge is -2.16. The highest BCUT2D eigenvalue weighted by Gasteiger charge is 2.22. The minimum absolute atomic E-state index is 0.0912. The molecule has 1 atom stereocenters. The third-order valence-corrected chi connectivity index (χ3v) is 5.92. The SMILES string of the molecule is Cc1nc(C(C)(C)C)sc1C(C)Nc1ccc(I)cc1Cl. The summed E-state index contributed by atoms with van der Waals surface area (Å²) in [4.78, 5) is 6.00. The fourth-order valence-electron chi connectivity index (χ4n) is 2.04. The standard InChI is InChI=1S/C16H20ClIN2S/c1-9(19-13-7-6-11(18)8-12(13)17)14-10(2)20-15(21-14)16(3,4)5/h6-9,19H,1-5H3. The number of anilines is 1. The van der Waals surface area contributed by atoms with Crippen LogP contribution in [0.25, 0.3) is 0 Å². The molecule has 2 rings (SSSR count). The highest BCUT2D eigenvalue weighted by atomic mass is 127. The monoisotopic (exact) mass is 434 g/mol. The van der Waals surface area contributed by atoms with Crippen molar-refractivity contribution in [3.63, 3.8) is 0 Å². The van der Waals surface area contributed by atoms with Crippen LogP contribution in [0.1, 0.15) is 49.3 Å². The molecular formula is C16H20ClIN2S. The van der Waals surface area contributed by atoms with Crippen molar-refractivity contribution < 1.29 is 0 Å². The second kappa shape index (κ2) is 6.42. The van der Waals surface area contributed by atoms with E-state index in [1.165, 1.54) is 9.88 Å². The Bertz CT molecular complexity index is 646. The molecule has 1 N–H and O–H groups in total. The number of hydrogen-bond donors (Lipinski definition) is 1. The van der Waals surface area contributed by atoms with Crippen molar-refractivity contribution in [2.45, 2.75) is 46.1 Å². The molecule has 0 radical (unpaired) electrons. The Morgan fingerprint density at radius 1 is 1.33 bits per heavy atom. The van der Waals surface area contributed by atoms with Gasteiger partial charge in [0.15, 0.2) is 0 Å². The van der Waals surface area contributed by atoms with Gasteiger partial charge in [-0.1, -0.05) is 32.4 Å². The lowest BCUT2D eigenvalue weighted by atomic mass is 9.98. The average Bonchev–Trinajstić information content (AvgIpc) is 2.75. The maximum absolute atomic E-state index is 6.30. The summed E-state index contributed by atoms with van der Waals surface area (Å²) in [6.07, 6.45) is 0. The minimum Gasteiger partial charge on any atom is -0.376 e. The largest absolute Gasteiger partial charge is 0.376 e. The van der Waals surface area contributed by atoms with E-state index in [0.717, 1.165) is 20.0 Å². The first kappa shape index (κ1) is 17.0. The van der Waals surface area contributed by atoms with Gasteiger partial charge in [0, 0.05) is 13.9 Å². The van der Waals surface area contributed by atoms with Crippen LogP contribution in [0.4, 0.5) is 5.69 Å². The maximum Gasteiger partial charge on any atom is 0.0985 e. The fraction of sp³-hybridized carbons (Fsp3) is 0.438. The van der Waals surface area contributed by atoms with Crippen molar-refractivity contribution in [2.75, 3.05) is 5.32 Å². The zero-order valence-corrected chi connectivity index (χ0v) is 16.7. The van der Waals surface area contributed by atoms with Crippen molar-refractivity contribution in [3.05, 3.63) is 42.4 Å². The highest BCUT2D eigenvalue weighted by molar-refractivity contribution is 14.1. The van der Waals surface area contributed by atoms with Gasteiger partial charge in [-0.05, 0) is 54.6 Å². The van der Waals surface area contributed by atoms with E-state index in [0.29, 0.717) is 0 Å². The lowest BCUT2D eigenvalue weighted by molar-refractivity contribution is 0.584. The Kier molecular flexibility index (Phi) is 5.21. The number of nitrogens with zero attached hydrogens (tertiary/aromatic N) is 1. The number of rotatable bonds is 3. The minimum atomic E-state index is 0.0912. The van der Waals surface area contributed by atoms with E-state index in [2.05, 4.69) is 68.6 Å². The molecule has 114 valence electrons. The average molecular weight is 435 g/mol. The summed E-state index contributed by atoms with van der Waals surface area (Å²) in [6, 6.07) is 6.25. The van der Waals surface area contributed by atoms with E-state index >= 15 is 0 Å². The fourth-order valence-corrected chi connectivity index (χ4v) is 4.07. The normalized spacial score (nSPS) is 13.3. The quantitative estimate of drug-likeness (QED) is 0.583. The van der Waals surface area contributed by atoms with Crippen LogP contribution in [0.5, 0.6) is 0 Å². The molecule has 0 saturated carbocycles. The summed E-state index contributed by atoms with van der Waals surface area (Å²) in [7, 11) is 0. The van der Waals surface area contributed by atoms with Crippen molar-refractivity contribution in [2.24, 2.45) is 0 Å². The lowest BCUT2D eigenvalue weighted by Crippen LogP contribution is -2.10. The molecule has 1 aromatic carbocycles. The Morgan fingerprint density at radius 2 is 2.00 bits per heavy atom. The molecule has 0 spiro atoms. The van der Waals surface area contributed by atoms with Crippen LogP contribution < -0.4 is 5.32 Å². The van der Waals surface area contributed by atoms with Gasteiger partial charge in [-0.3, -0.25) is 0 Å².